The molecule has 0 fully saturated rings. The Balaban J connectivity index is 0. The van der Waals surface area contributed by atoms with Crippen molar-refractivity contribution in [2.24, 2.45) is 5.84 Å². The molecule has 0 amide bonds. The van der Waals surface area contributed by atoms with Crippen LogP contribution in [0.3, 0.4) is 0 Å². The van der Waals surface area contributed by atoms with E-state index < -0.39 is 11.9 Å². The Hall–Kier alpha value is -1.40. The summed E-state index contributed by atoms with van der Waals surface area (Å²) in [5, 5.41) is 14.8. The van der Waals surface area contributed by atoms with E-state index in [2.05, 4.69) is 18.4 Å². The summed E-state index contributed by atoms with van der Waals surface area (Å²) in [5.74, 6) is 1.36. The van der Waals surface area contributed by atoms with Crippen molar-refractivity contribution in [2.75, 3.05) is 6.54 Å². The number of hydrogen-bond donors (Lipinski definition) is 4. The van der Waals surface area contributed by atoms with Gasteiger partial charge < -0.3 is 10.2 Å². The molecule has 0 radical (unpaired) electrons. The second-order valence-electron chi connectivity index (χ2n) is 2.28. The molecule has 0 unspecified atom stereocenters. The van der Waals surface area contributed by atoms with Crippen molar-refractivity contribution in [3.05, 3.63) is 12.2 Å². The van der Waals surface area contributed by atoms with Gasteiger partial charge in [-0.1, -0.05) is 25.5 Å². The number of nitrogens with two attached hydrogens (primary N) is 1. The molecule has 0 aromatic carbocycles. The molecule has 6 heteroatoms. The van der Waals surface area contributed by atoms with Crippen LogP contribution in [-0.2, 0) is 9.59 Å². The van der Waals surface area contributed by atoms with Gasteiger partial charge in [0.15, 0.2) is 0 Å². The fourth-order valence-corrected chi connectivity index (χ4v) is 0.436. The van der Waals surface area contributed by atoms with Gasteiger partial charge in [-0.15, -0.1) is 0 Å². The summed E-state index contributed by atoms with van der Waals surface area (Å²) in [7, 11) is 0. The normalized spacial score (nSPS) is 9.29. The van der Waals surface area contributed by atoms with Gasteiger partial charge in [-0.3, -0.25) is 11.3 Å². The summed E-state index contributed by atoms with van der Waals surface area (Å²) in [6.45, 7) is 2.93. The summed E-state index contributed by atoms with van der Waals surface area (Å²) in [5.41, 5.74) is 2.54. The first-order chi connectivity index (χ1) is 6.56. The zero-order valence-electron chi connectivity index (χ0n) is 8.06. The fourth-order valence-electron chi connectivity index (χ4n) is 0.436. The fraction of sp³-hybridized carbons (Fsp3) is 0.500. The van der Waals surface area contributed by atoms with Crippen LogP contribution in [-0.4, -0.2) is 28.7 Å². The average Bonchev–Trinajstić information content (AvgIpc) is 2.13. The lowest BCUT2D eigenvalue weighted by atomic mass is 10.3. The molecule has 14 heavy (non-hydrogen) atoms. The maximum absolute atomic E-state index is 9.10. The van der Waals surface area contributed by atoms with Gasteiger partial charge in [0, 0.05) is 6.54 Å². The van der Waals surface area contributed by atoms with Crippen LogP contribution in [0, 0.1) is 0 Å². The number of hydrazine groups is 1. The molecule has 0 aromatic heterocycles. The Morgan fingerprint density at radius 3 is 2.07 bits per heavy atom. The maximum atomic E-state index is 9.10. The Bertz CT molecular complexity index is 172. The van der Waals surface area contributed by atoms with Crippen molar-refractivity contribution in [3.63, 3.8) is 0 Å². The number of rotatable bonds is 4. The molecule has 0 aliphatic heterocycles. The number of hydrogen-bond acceptors (Lipinski definition) is 4. The van der Waals surface area contributed by atoms with Gasteiger partial charge in [0.1, 0.15) is 0 Å². The van der Waals surface area contributed by atoms with E-state index in [-0.39, 0.29) is 0 Å². The molecule has 0 saturated heterocycles. The molecule has 6 nitrogen and oxygen atoms in total. The zero-order chi connectivity index (χ0) is 11.4. The van der Waals surface area contributed by atoms with E-state index in [0.29, 0.717) is 0 Å². The topological polar surface area (TPSA) is 113 Å². The Labute approximate surface area is 82.4 Å². The van der Waals surface area contributed by atoms with Gasteiger partial charge in [0.25, 0.3) is 0 Å². The number of carbonyl (C=O) groups is 2. The second kappa shape index (κ2) is 11.6. The van der Waals surface area contributed by atoms with Crippen LogP contribution in [0.25, 0.3) is 0 Å². The molecule has 0 aliphatic carbocycles. The number of carboxylic acids is 2. The third-order valence-corrected chi connectivity index (χ3v) is 1.04. The molecule has 0 spiro atoms. The first-order valence-electron chi connectivity index (χ1n) is 4.10. The molecule has 82 valence electrons. The predicted molar refractivity (Wildman–Crippen MR) is 51.5 cm³/mol. The summed E-state index contributed by atoms with van der Waals surface area (Å²) in [6, 6.07) is 0. The van der Waals surface area contributed by atoms with E-state index >= 15 is 0 Å². The number of carboxylic acid groups (broad SMARTS) is 2. The van der Waals surface area contributed by atoms with E-state index in [1.807, 2.05) is 6.08 Å². The lowest BCUT2D eigenvalue weighted by molar-refractivity contribution is -0.159. The number of allylic oxidation sites excluding steroid dienone is 1. The van der Waals surface area contributed by atoms with Crippen molar-refractivity contribution in [1.82, 2.24) is 5.43 Å². The highest BCUT2D eigenvalue weighted by Crippen LogP contribution is 1.85. The third kappa shape index (κ3) is 16.9. The minimum Gasteiger partial charge on any atom is -0.473 e. The molecular weight excluding hydrogens is 188 g/mol. The summed E-state index contributed by atoms with van der Waals surface area (Å²) < 4.78 is 0. The Morgan fingerprint density at radius 2 is 1.79 bits per heavy atom. The van der Waals surface area contributed by atoms with Crippen molar-refractivity contribution in [1.29, 1.82) is 0 Å². The van der Waals surface area contributed by atoms with Gasteiger partial charge >= 0.3 is 11.9 Å². The van der Waals surface area contributed by atoms with Crippen molar-refractivity contribution >= 4 is 11.9 Å². The Morgan fingerprint density at radius 1 is 1.29 bits per heavy atom. The highest BCUT2D eigenvalue weighted by Gasteiger charge is 2.04. The third-order valence-electron chi connectivity index (χ3n) is 1.04. The first-order valence-corrected chi connectivity index (χ1v) is 4.10. The number of nitrogens with one attached hydrogen (secondary N) is 1. The molecule has 0 aromatic rings. The maximum Gasteiger partial charge on any atom is 0.414 e. The van der Waals surface area contributed by atoms with Crippen molar-refractivity contribution in [3.8, 4) is 0 Å². The van der Waals surface area contributed by atoms with E-state index in [1.54, 1.807) is 0 Å². The van der Waals surface area contributed by atoms with Gasteiger partial charge in [-0.2, -0.15) is 0 Å². The van der Waals surface area contributed by atoms with E-state index in [9.17, 15) is 0 Å². The van der Waals surface area contributed by atoms with E-state index in [1.165, 1.54) is 6.42 Å². The minimum atomic E-state index is -1.82. The summed E-state index contributed by atoms with van der Waals surface area (Å²) >= 11 is 0. The van der Waals surface area contributed by atoms with Gasteiger partial charge in [0.2, 0.25) is 0 Å². The number of aliphatic carboxylic acids is 2. The van der Waals surface area contributed by atoms with E-state index in [4.69, 9.17) is 25.6 Å². The summed E-state index contributed by atoms with van der Waals surface area (Å²) in [4.78, 5) is 18.2. The van der Waals surface area contributed by atoms with Crippen LogP contribution in [0.15, 0.2) is 12.2 Å². The van der Waals surface area contributed by atoms with Crippen LogP contribution in [0.2, 0.25) is 0 Å². The van der Waals surface area contributed by atoms with Crippen molar-refractivity contribution < 1.29 is 19.8 Å². The quantitative estimate of drug-likeness (QED) is 0.221. The van der Waals surface area contributed by atoms with E-state index in [0.717, 1.165) is 13.0 Å². The smallest absolute Gasteiger partial charge is 0.414 e. The van der Waals surface area contributed by atoms with Gasteiger partial charge in [0.05, 0.1) is 0 Å². The van der Waals surface area contributed by atoms with Gasteiger partial charge in [-0.25, -0.2) is 9.59 Å². The predicted octanol–water partition coefficient (Wildman–Crippen LogP) is -0.0384. The Kier molecular flexibility index (Phi) is 12.5. The summed E-state index contributed by atoms with van der Waals surface area (Å²) in [6.07, 6.45) is 6.52. The van der Waals surface area contributed by atoms with Crippen LogP contribution >= 0.6 is 0 Å². The molecular formula is C8H16N2O4. The van der Waals surface area contributed by atoms with Crippen LogP contribution in [0.4, 0.5) is 0 Å². The molecule has 0 bridgehead atoms. The average molecular weight is 204 g/mol. The zero-order valence-corrected chi connectivity index (χ0v) is 8.06. The highest BCUT2D eigenvalue weighted by molar-refractivity contribution is 6.27. The van der Waals surface area contributed by atoms with Crippen LogP contribution in [0.5, 0.6) is 0 Å². The molecule has 0 rings (SSSR count). The monoisotopic (exact) mass is 204 g/mol. The molecule has 0 atom stereocenters. The number of unbranched alkanes of at least 4 members (excludes halogenated alkanes) is 1. The minimum absolute atomic E-state index is 0.778. The second-order valence-corrected chi connectivity index (χ2v) is 2.28. The molecule has 5 N–H and O–H groups in total. The standard InChI is InChI=1S/C6H14N2.C2H2O4/c1-2-3-4-5-6-8-7;3-1(4)2(5)6/h4-5,8H,2-3,6-7H2,1H3;(H,3,4)(H,5,6). The molecule has 0 heterocycles. The SMILES string of the molecule is CCCC=CCNN.O=C(O)C(=O)O. The highest BCUT2D eigenvalue weighted by atomic mass is 16.4. The molecule has 0 saturated carbocycles. The van der Waals surface area contributed by atoms with Gasteiger partial charge in [-0.05, 0) is 6.42 Å². The lowest BCUT2D eigenvalue weighted by Crippen LogP contribution is -2.21. The lowest BCUT2D eigenvalue weighted by Gasteiger charge is -1.86. The molecule has 0 aliphatic rings. The van der Waals surface area contributed by atoms with Crippen molar-refractivity contribution in [2.45, 2.75) is 19.8 Å². The largest absolute Gasteiger partial charge is 0.473 e. The first kappa shape index (κ1) is 15.1. The van der Waals surface area contributed by atoms with Crippen LogP contribution in [0.1, 0.15) is 19.8 Å². The van der Waals surface area contributed by atoms with Crippen LogP contribution < -0.4 is 11.3 Å².